The summed E-state index contributed by atoms with van der Waals surface area (Å²) in [6.07, 6.45) is 3.28. The molecule has 1 N–H and O–H groups in total. The van der Waals surface area contributed by atoms with E-state index >= 15 is 0 Å². The molecule has 0 spiro atoms. The van der Waals surface area contributed by atoms with E-state index in [2.05, 4.69) is 9.88 Å². The number of nitrogens with one attached hydrogen (secondary N) is 1. The average molecular weight is 338 g/mol. The molecule has 0 radical (unpaired) electrons. The largest absolute Gasteiger partial charge is 0.495 e. The summed E-state index contributed by atoms with van der Waals surface area (Å²) >= 11 is 0. The van der Waals surface area contributed by atoms with Crippen LogP contribution in [0, 0.1) is 0 Å². The Kier molecular flexibility index (Phi) is 4.65. The number of nitrogens with zero attached hydrogens (tertiary/aromatic N) is 1. The van der Waals surface area contributed by atoms with Gasteiger partial charge in [-0.1, -0.05) is 5.16 Å². The van der Waals surface area contributed by atoms with Gasteiger partial charge < -0.3 is 14.0 Å². The highest BCUT2D eigenvalue weighted by Gasteiger charge is 2.23. The third kappa shape index (κ3) is 3.54. The standard InChI is InChI=1S/C15H18N2O5S/c1-20-14-9-11(13-6-7-16-22-13)4-5-15(14)23(18,19)17-10-12-3-2-8-21-12/h4-7,9,12,17H,2-3,8,10H2,1H3/t12-/m1/s1. The molecule has 2 heterocycles. The zero-order valence-corrected chi connectivity index (χ0v) is 13.5. The molecule has 7 nitrogen and oxygen atoms in total. The van der Waals surface area contributed by atoms with Crippen LogP contribution < -0.4 is 9.46 Å². The minimum absolute atomic E-state index is 0.0655. The highest BCUT2D eigenvalue weighted by Crippen LogP contribution is 2.30. The molecular weight excluding hydrogens is 320 g/mol. The Morgan fingerprint density at radius 1 is 1.39 bits per heavy atom. The summed E-state index contributed by atoms with van der Waals surface area (Å²) in [5, 5.41) is 3.64. The van der Waals surface area contributed by atoms with E-state index in [-0.39, 0.29) is 23.3 Å². The normalized spacial score (nSPS) is 18.2. The Bertz CT molecular complexity index is 752. The molecule has 0 saturated carbocycles. The topological polar surface area (TPSA) is 90.7 Å². The zero-order valence-electron chi connectivity index (χ0n) is 12.7. The predicted octanol–water partition coefficient (Wildman–Crippen LogP) is 1.81. The van der Waals surface area contributed by atoms with Crippen molar-refractivity contribution in [1.82, 2.24) is 9.88 Å². The third-order valence-electron chi connectivity index (χ3n) is 3.70. The van der Waals surface area contributed by atoms with Crippen molar-refractivity contribution in [1.29, 1.82) is 0 Å². The van der Waals surface area contributed by atoms with E-state index in [0.29, 0.717) is 17.9 Å². The van der Waals surface area contributed by atoms with Gasteiger partial charge in [0.2, 0.25) is 10.0 Å². The molecule has 0 aliphatic carbocycles. The van der Waals surface area contributed by atoms with Gasteiger partial charge in [-0.3, -0.25) is 0 Å². The first-order valence-corrected chi connectivity index (χ1v) is 8.79. The maximum atomic E-state index is 12.5. The lowest BCUT2D eigenvalue weighted by Crippen LogP contribution is -2.32. The van der Waals surface area contributed by atoms with Crippen LogP contribution in [0.25, 0.3) is 11.3 Å². The quantitative estimate of drug-likeness (QED) is 0.864. The maximum Gasteiger partial charge on any atom is 0.244 e. The molecule has 1 aliphatic rings. The first-order valence-electron chi connectivity index (χ1n) is 7.30. The Labute approximate surface area is 134 Å². The summed E-state index contributed by atoms with van der Waals surface area (Å²) in [6.45, 7) is 0.941. The second-order valence-corrected chi connectivity index (χ2v) is 6.96. The van der Waals surface area contributed by atoms with Gasteiger partial charge in [-0.2, -0.15) is 0 Å². The van der Waals surface area contributed by atoms with Crippen LogP contribution in [0.2, 0.25) is 0 Å². The van der Waals surface area contributed by atoms with Gasteiger partial charge in [0.05, 0.1) is 19.4 Å². The molecule has 1 saturated heterocycles. The Morgan fingerprint density at radius 3 is 2.91 bits per heavy atom. The highest BCUT2D eigenvalue weighted by molar-refractivity contribution is 7.89. The van der Waals surface area contributed by atoms with Crippen molar-refractivity contribution in [2.45, 2.75) is 23.8 Å². The second kappa shape index (κ2) is 6.69. The van der Waals surface area contributed by atoms with Crippen LogP contribution in [0.5, 0.6) is 5.75 Å². The third-order valence-corrected chi connectivity index (χ3v) is 5.16. The SMILES string of the molecule is COc1cc(-c2ccno2)ccc1S(=O)(=O)NC[C@H]1CCCO1. The number of rotatable bonds is 6. The van der Waals surface area contributed by atoms with Crippen molar-refractivity contribution in [2.24, 2.45) is 0 Å². The molecule has 2 aromatic rings. The molecule has 1 fully saturated rings. The van der Waals surface area contributed by atoms with E-state index in [1.165, 1.54) is 19.4 Å². The summed E-state index contributed by atoms with van der Waals surface area (Å²) in [5.74, 6) is 0.790. The van der Waals surface area contributed by atoms with E-state index in [1.54, 1.807) is 18.2 Å². The van der Waals surface area contributed by atoms with Crippen LogP contribution in [0.3, 0.4) is 0 Å². The molecule has 1 aromatic heterocycles. The first kappa shape index (κ1) is 16.0. The smallest absolute Gasteiger partial charge is 0.244 e. The molecule has 1 atom stereocenters. The molecule has 8 heteroatoms. The minimum Gasteiger partial charge on any atom is -0.495 e. The van der Waals surface area contributed by atoms with Crippen LogP contribution in [0.15, 0.2) is 39.9 Å². The van der Waals surface area contributed by atoms with Crippen molar-refractivity contribution in [3.05, 3.63) is 30.5 Å². The maximum absolute atomic E-state index is 12.5. The molecule has 23 heavy (non-hydrogen) atoms. The summed E-state index contributed by atoms with van der Waals surface area (Å²) in [7, 11) is -2.25. The zero-order chi connectivity index (χ0) is 16.3. The lowest BCUT2D eigenvalue weighted by molar-refractivity contribution is 0.114. The number of methoxy groups -OCH3 is 1. The molecule has 0 unspecified atom stereocenters. The fraction of sp³-hybridized carbons (Fsp3) is 0.400. The van der Waals surface area contributed by atoms with Crippen LogP contribution in [0.1, 0.15) is 12.8 Å². The van der Waals surface area contributed by atoms with Crippen molar-refractivity contribution in [3.8, 4) is 17.1 Å². The van der Waals surface area contributed by atoms with Gasteiger partial charge in [-0.15, -0.1) is 0 Å². The van der Waals surface area contributed by atoms with E-state index < -0.39 is 10.0 Å². The molecule has 3 rings (SSSR count). The Morgan fingerprint density at radius 2 is 2.26 bits per heavy atom. The molecular formula is C15H18N2O5S. The fourth-order valence-corrected chi connectivity index (χ4v) is 3.71. The van der Waals surface area contributed by atoms with Crippen molar-refractivity contribution in [2.75, 3.05) is 20.3 Å². The lowest BCUT2D eigenvalue weighted by atomic mass is 10.1. The van der Waals surface area contributed by atoms with Gasteiger partial charge in [-0.05, 0) is 31.0 Å². The fourth-order valence-electron chi connectivity index (χ4n) is 2.49. The molecule has 0 bridgehead atoms. The van der Waals surface area contributed by atoms with E-state index in [1.807, 2.05) is 0 Å². The number of sulfonamides is 1. The predicted molar refractivity (Wildman–Crippen MR) is 82.7 cm³/mol. The summed E-state index contributed by atoms with van der Waals surface area (Å²) < 4.78 is 43.3. The van der Waals surface area contributed by atoms with Crippen LogP contribution in [-0.4, -0.2) is 39.9 Å². The van der Waals surface area contributed by atoms with Gasteiger partial charge in [0, 0.05) is 24.8 Å². The van der Waals surface area contributed by atoms with Gasteiger partial charge in [-0.25, -0.2) is 13.1 Å². The first-order chi connectivity index (χ1) is 11.1. The Hall–Kier alpha value is -1.90. The van der Waals surface area contributed by atoms with E-state index in [0.717, 1.165) is 12.8 Å². The highest BCUT2D eigenvalue weighted by atomic mass is 32.2. The summed E-state index contributed by atoms with van der Waals surface area (Å²) in [4.78, 5) is 0.0845. The second-order valence-electron chi connectivity index (χ2n) is 5.23. The van der Waals surface area contributed by atoms with E-state index in [4.69, 9.17) is 14.0 Å². The monoisotopic (exact) mass is 338 g/mol. The van der Waals surface area contributed by atoms with Crippen molar-refractivity contribution in [3.63, 3.8) is 0 Å². The number of ether oxygens (including phenoxy) is 2. The van der Waals surface area contributed by atoms with Gasteiger partial charge >= 0.3 is 0 Å². The van der Waals surface area contributed by atoms with Crippen LogP contribution in [-0.2, 0) is 14.8 Å². The number of hydrogen-bond donors (Lipinski definition) is 1. The lowest BCUT2D eigenvalue weighted by Gasteiger charge is -2.14. The van der Waals surface area contributed by atoms with Crippen LogP contribution >= 0.6 is 0 Å². The number of benzene rings is 1. The van der Waals surface area contributed by atoms with Gasteiger partial charge in [0.25, 0.3) is 0 Å². The molecule has 1 aliphatic heterocycles. The van der Waals surface area contributed by atoms with Crippen molar-refractivity contribution >= 4 is 10.0 Å². The van der Waals surface area contributed by atoms with Gasteiger partial charge in [0.1, 0.15) is 10.6 Å². The van der Waals surface area contributed by atoms with Crippen molar-refractivity contribution < 1.29 is 22.4 Å². The average Bonchev–Trinajstić information content (AvgIpc) is 3.25. The van der Waals surface area contributed by atoms with E-state index in [9.17, 15) is 8.42 Å². The number of aromatic nitrogens is 1. The summed E-state index contributed by atoms with van der Waals surface area (Å²) in [5.41, 5.74) is 0.692. The molecule has 0 amide bonds. The van der Waals surface area contributed by atoms with Gasteiger partial charge in [0.15, 0.2) is 5.76 Å². The number of hydrogen-bond acceptors (Lipinski definition) is 6. The minimum atomic E-state index is -3.68. The summed E-state index contributed by atoms with van der Waals surface area (Å²) in [6, 6.07) is 6.46. The van der Waals surface area contributed by atoms with Crippen LogP contribution in [0.4, 0.5) is 0 Å². The molecule has 124 valence electrons. The Balaban J connectivity index is 1.82. The molecule has 1 aromatic carbocycles.